The van der Waals surface area contributed by atoms with Gasteiger partial charge in [0, 0.05) is 0 Å². The molecule has 26 heavy (non-hydrogen) atoms. The van der Waals surface area contributed by atoms with Crippen LogP contribution in [-0.4, -0.2) is 12.3 Å². The molecule has 0 fully saturated rings. The zero-order valence-electron chi connectivity index (χ0n) is 15.3. The van der Waals surface area contributed by atoms with Gasteiger partial charge in [0.2, 0.25) is 0 Å². The highest BCUT2D eigenvalue weighted by Gasteiger charge is 2.32. The molecule has 2 aromatic rings. The highest BCUT2D eigenvalue weighted by molar-refractivity contribution is 5.93. The maximum absolute atomic E-state index is 12.4. The lowest BCUT2D eigenvalue weighted by atomic mass is 9.94. The summed E-state index contributed by atoms with van der Waals surface area (Å²) in [5.74, 6) is -1.43. The van der Waals surface area contributed by atoms with E-state index in [1.165, 1.54) is 18.2 Å². The Balaban J connectivity index is 0.00000163. The van der Waals surface area contributed by atoms with Gasteiger partial charge < -0.3 is 9.47 Å². The third-order valence-corrected chi connectivity index (χ3v) is 3.60. The number of carbonyl (C=O) groups excluding carboxylic acids is 1. The molecular weight excluding hydrogens is 345 g/mol. The Morgan fingerprint density at radius 1 is 1.00 bits per heavy atom. The zero-order chi connectivity index (χ0) is 19.7. The Morgan fingerprint density at radius 3 is 2.12 bits per heavy atom. The monoisotopic (exact) mass is 368 g/mol. The molecule has 1 unspecified atom stereocenters. The van der Waals surface area contributed by atoms with E-state index in [1.54, 1.807) is 18.2 Å². The van der Waals surface area contributed by atoms with E-state index in [-0.39, 0.29) is 11.7 Å². The van der Waals surface area contributed by atoms with Gasteiger partial charge in [0.1, 0.15) is 0 Å². The van der Waals surface area contributed by atoms with Crippen LogP contribution in [0.5, 0.6) is 11.5 Å². The van der Waals surface area contributed by atoms with Gasteiger partial charge in [0.25, 0.3) is 0 Å². The Labute approximate surface area is 151 Å². The number of halogens is 3. The molecule has 2 aromatic carbocycles. The van der Waals surface area contributed by atoms with Crippen molar-refractivity contribution in [3.05, 3.63) is 59.7 Å². The third kappa shape index (κ3) is 6.10. The van der Waals surface area contributed by atoms with E-state index in [1.807, 2.05) is 33.8 Å². The van der Waals surface area contributed by atoms with E-state index in [2.05, 4.69) is 4.74 Å². The predicted octanol–water partition coefficient (Wildman–Crippen LogP) is 6.34. The van der Waals surface area contributed by atoms with Crippen LogP contribution in [0.2, 0.25) is 0 Å². The van der Waals surface area contributed by atoms with Gasteiger partial charge in [0.05, 0.1) is 5.56 Å². The van der Waals surface area contributed by atoms with Gasteiger partial charge in [0.15, 0.2) is 11.5 Å². The van der Waals surface area contributed by atoms with Crippen LogP contribution in [0.25, 0.3) is 0 Å². The minimum Gasteiger partial charge on any atom is -0.419 e. The lowest BCUT2D eigenvalue weighted by Crippen LogP contribution is -2.19. The smallest absolute Gasteiger partial charge is 0.419 e. The number of benzene rings is 2. The topological polar surface area (TPSA) is 35.5 Å². The van der Waals surface area contributed by atoms with Crippen molar-refractivity contribution >= 4 is 5.97 Å². The lowest BCUT2D eigenvalue weighted by Gasteiger charge is -2.16. The maximum Gasteiger partial charge on any atom is 0.573 e. The number of hydrogen-bond acceptors (Lipinski definition) is 3. The van der Waals surface area contributed by atoms with E-state index in [9.17, 15) is 18.0 Å². The fourth-order valence-electron chi connectivity index (χ4n) is 2.23. The summed E-state index contributed by atoms with van der Waals surface area (Å²) in [6.45, 7) is 7.95. The van der Waals surface area contributed by atoms with Gasteiger partial charge in [-0.1, -0.05) is 58.0 Å². The number of hydrogen-bond donors (Lipinski definition) is 0. The molecule has 2 rings (SSSR count). The van der Waals surface area contributed by atoms with Crippen molar-refractivity contribution in [2.24, 2.45) is 0 Å². The average Bonchev–Trinajstić information content (AvgIpc) is 2.63. The Bertz CT molecular complexity index is 711. The zero-order valence-corrected chi connectivity index (χ0v) is 15.3. The van der Waals surface area contributed by atoms with Gasteiger partial charge in [-0.3, -0.25) is 0 Å². The molecule has 0 N–H and O–H groups in total. The minimum atomic E-state index is -4.86. The molecule has 0 amide bonds. The first-order valence-corrected chi connectivity index (χ1v) is 8.47. The molecule has 0 bridgehead atoms. The van der Waals surface area contributed by atoms with Crippen LogP contribution in [0.3, 0.4) is 0 Å². The minimum absolute atomic E-state index is 0.121. The Kier molecular flexibility index (Phi) is 8.16. The van der Waals surface area contributed by atoms with Crippen molar-refractivity contribution in [2.75, 3.05) is 0 Å². The highest BCUT2D eigenvalue weighted by Crippen LogP contribution is 2.33. The Hall–Kier alpha value is -2.50. The maximum atomic E-state index is 12.4. The van der Waals surface area contributed by atoms with Crippen molar-refractivity contribution in [3.63, 3.8) is 0 Å². The normalized spacial score (nSPS) is 11.8. The Morgan fingerprint density at radius 2 is 1.54 bits per heavy atom. The van der Waals surface area contributed by atoms with Crippen LogP contribution >= 0.6 is 0 Å². The van der Waals surface area contributed by atoms with Crippen LogP contribution in [0.4, 0.5) is 13.2 Å². The summed E-state index contributed by atoms with van der Waals surface area (Å²) in [5.41, 5.74) is 1.12. The second-order valence-electron chi connectivity index (χ2n) is 5.28. The van der Waals surface area contributed by atoms with E-state index in [4.69, 9.17) is 4.74 Å². The molecule has 0 saturated carbocycles. The molecule has 0 aromatic heterocycles. The van der Waals surface area contributed by atoms with E-state index in [0.717, 1.165) is 18.1 Å². The summed E-state index contributed by atoms with van der Waals surface area (Å²) in [6.07, 6.45) is -4.05. The molecule has 0 spiro atoms. The predicted molar refractivity (Wildman–Crippen MR) is 94.6 cm³/mol. The van der Waals surface area contributed by atoms with Gasteiger partial charge in [-0.2, -0.15) is 0 Å². The van der Waals surface area contributed by atoms with Crippen molar-refractivity contribution in [1.82, 2.24) is 0 Å². The molecule has 142 valence electrons. The first kappa shape index (κ1) is 21.5. The summed E-state index contributed by atoms with van der Waals surface area (Å²) in [6, 6.07) is 12.1. The van der Waals surface area contributed by atoms with Crippen LogP contribution in [0.1, 0.15) is 56.0 Å². The van der Waals surface area contributed by atoms with Crippen molar-refractivity contribution in [3.8, 4) is 11.5 Å². The average molecular weight is 368 g/mol. The van der Waals surface area contributed by atoms with Crippen LogP contribution < -0.4 is 9.47 Å². The van der Waals surface area contributed by atoms with E-state index < -0.39 is 18.1 Å². The fraction of sp³-hybridized carbons (Fsp3) is 0.350. The third-order valence-electron chi connectivity index (χ3n) is 3.60. The fourth-order valence-corrected chi connectivity index (χ4v) is 2.23. The van der Waals surface area contributed by atoms with Crippen molar-refractivity contribution < 1.29 is 27.4 Å². The van der Waals surface area contributed by atoms with Gasteiger partial charge in [-0.15, -0.1) is 13.2 Å². The largest absolute Gasteiger partial charge is 0.573 e. The molecule has 6 heteroatoms. The second-order valence-corrected chi connectivity index (χ2v) is 5.28. The summed E-state index contributed by atoms with van der Waals surface area (Å²) in [4.78, 5) is 12.4. The molecule has 0 aliphatic heterocycles. The molecule has 0 heterocycles. The number of para-hydroxylation sites is 2. The van der Waals surface area contributed by atoms with Crippen molar-refractivity contribution in [2.45, 2.75) is 46.4 Å². The second kappa shape index (κ2) is 9.85. The molecule has 3 nitrogen and oxygen atoms in total. The lowest BCUT2D eigenvalue weighted by molar-refractivity contribution is -0.275. The molecule has 0 aliphatic rings. The van der Waals surface area contributed by atoms with Crippen LogP contribution in [0.15, 0.2) is 48.5 Å². The van der Waals surface area contributed by atoms with E-state index in [0.29, 0.717) is 5.56 Å². The summed E-state index contributed by atoms with van der Waals surface area (Å²) in [5, 5.41) is 0. The van der Waals surface area contributed by atoms with Gasteiger partial charge >= 0.3 is 12.3 Å². The molecular formula is C20H23F3O3. The number of ether oxygens (including phenoxy) is 2. The number of esters is 1. The van der Waals surface area contributed by atoms with Crippen LogP contribution in [-0.2, 0) is 0 Å². The van der Waals surface area contributed by atoms with E-state index >= 15 is 0 Å². The summed E-state index contributed by atoms with van der Waals surface area (Å²) >= 11 is 0. The summed E-state index contributed by atoms with van der Waals surface area (Å²) < 4.78 is 46.3. The molecule has 0 aliphatic carbocycles. The van der Waals surface area contributed by atoms with Gasteiger partial charge in [-0.25, -0.2) is 4.79 Å². The first-order chi connectivity index (χ1) is 12.3. The summed E-state index contributed by atoms with van der Waals surface area (Å²) in [7, 11) is 0. The van der Waals surface area contributed by atoms with Gasteiger partial charge in [-0.05, 0) is 36.1 Å². The molecule has 0 radical (unpaired) electrons. The van der Waals surface area contributed by atoms with Crippen LogP contribution in [0, 0.1) is 0 Å². The number of alkyl halides is 3. The van der Waals surface area contributed by atoms with Crippen molar-refractivity contribution in [1.29, 1.82) is 0 Å². The SMILES string of the molecule is CC.CCC(C)c1ccccc1C(=O)Oc1ccccc1OC(F)(F)F. The highest BCUT2D eigenvalue weighted by atomic mass is 19.4. The number of carbonyl (C=O) groups is 1. The first-order valence-electron chi connectivity index (χ1n) is 8.47. The number of rotatable bonds is 5. The standard InChI is InChI=1S/C18H17F3O3.C2H6/c1-3-12(2)13-8-4-5-9-14(13)17(22)23-15-10-6-7-11-16(15)24-18(19,20)21;1-2/h4-12H,3H2,1-2H3;1-2H3. The molecule has 0 saturated heterocycles. The quantitative estimate of drug-likeness (QED) is 0.456. The molecule has 1 atom stereocenters.